The van der Waals surface area contributed by atoms with Gasteiger partial charge in [-0.05, 0) is 48.7 Å². The van der Waals surface area contributed by atoms with Crippen molar-refractivity contribution in [2.24, 2.45) is 11.7 Å². The van der Waals surface area contributed by atoms with E-state index in [1.807, 2.05) is 18.2 Å². The van der Waals surface area contributed by atoms with Crippen molar-refractivity contribution in [1.29, 1.82) is 0 Å². The highest BCUT2D eigenvalue weighted by molar-refractivity contribution is 7.89. The van der Waals surface area contributed by atoms with E-state index >= 15 is 0 Å². The summed E-state index contributed by atoms with van der Waals surface area (Å²) in [6.45, 7) is 4.47. The number of sulfonamides is 1. The first-order valence-corrected chi connectivity index (χ1v) is 10.8. The molecule has 152 valence electrons. The maximum absolute atomic E-state index is 12.9. The lowest BCUT2D eigenvalue weighted by Crippen LogP contribution is -2.29. The molecule has 0 spiro atoms. The van der Waals surface area contributed by atoms with E-state index in [0.29, 0.717) is 30.0 Å². The number of nitrogens with two attached hydrogens (primary N) is 1. The summed E-state index contributed by atoms with van der Waals surface area (Å²) in [6, 6.07) is 13.7. The van der Waals surface area contributed by atoms with Crippen LogP contribution >= 0.6 is 0 Å². The highest BCUT2D eigenvalue weighted by atomic mass is 32.2. The first kappa shape index (κ1) is 20.8. The molecule has 29 heavy (non-hydrogen) atoms. The summed E-state index contributed by atoms with van der Waals surface area (Å²) >= 11 is 0. The minimum absolute atomic E-state index is 0.144. The van der Waals surface area contributed by atoms with Crippen LogP contribution in [0.5, 0.6) is 0 Å². The fraction of sp³-hybridized carbons (Fsp3) is 0.238. The summed E-state index contributed by atoms with van der Waals surface area (Å²) in [5.41, 5.74) is 6.56. The van der Waals surface area contributed by atoms with Gasteiger partial charge in [-0.15, -0.1) is 0 Å². The van der Waals surface area contributed by atoms with Crippen LogP contribution in [0, 0.1) is 5.92 Å². The minimum atomic E-state index is -3.57. The molecule has 0 radical (unpaired) electrons. The van der Waals surface area contributed by atoms with Gasteiger partial charge in [-0.1, -0.05) is 43.0 Å². The predicted octanol–water partition coefficient (Wildman–Crippen LogP) is 2.86. The third-order valence-corrected chi connectivity index (χ3v) is 6.59. The third kappa shape index (κ3) is 4.90. The van der Waals surface area contributed by atoms with Crippen LogP contribution in [-0.2, 0) is 16.4 Å². The number of rotatable bonds is 5. The summed E-state index contributed by atoms with van der Waals surface area (Å²) in [5, 5.41) is 7.34. The van der Waals surface area contributed by atoms with Crippen LogP contribution in [-0.4, -0.2) is 41.0 Å². The van der Waals surface area contributed by atoms with Crippen LogP contribution in [0.4, 0.5) is 0 Å². The van der Waals surface area contributed by atoms with Crippen LogP contribution in [0.25, 0.3) is 11.0 Å². The average Bonchev–Trinajstić information content (AvgIpc) is 3.38. The van der Waals surface area contributed by atoms with Crippen LogP contribution in [0.2, 0.25) is 0 Å². The van der Waals surface area contributed by atoms with Crippen LogP contribution in [0.15, 0.2) is 78.6 Å². The molecule has 0 saturated carbocycles. The smallest absolute Gasteiger partial charge is 0.260 e. The molecule has 8 heteroatoms. The second-order valence-corrected chi connectivity index (χ2v) is 8.63. The van der Waals surface area contributed by atoms with Crippen molar-refractivity contribution >= 4 is 21.1 Å². The molecule has 1 fully saturated rings. The van der Waals surface area contributed by atoms with E-state index < -0.39 is 10.0 Å². The molecule has 1 aliphatic rings. The summed E-state index contributed by atoms with van der Waals surface area (Å²) in [4.78, 5) is 4.09. The maximum atomic E-state index is 12.9. The van der Waals surface area contributed by atoms with E-state index in [4.69, 9.17) is 5.73 Å². The number of hydrogen-bond donors (Lipinski definition) is 2. The highest BCUT2D eigenvalue weighted by Crippen LogP contribution is 2.28. The lowest BCUT2D eigenvalue weighted by molar-refractivity contribution is 0.454. The van der Waals surface area contributed by atoms with Gasteiger partial charge >= 0.3 is 0 Å². The molecule has 3 heterocycles. The van der Waals surface area contributed by atoms with Crippen molar-refractivity contribution in [3.8, 4) is 0 Å². The fourth-order valence-electron chi connectivity index (χ4n) is 3.36. The Morgan fingerprint density at radius 3 is 2.72 bits per heavy atom. The van der Waals surface area contributed by atoms with E-state index in [2.05, 4.69) is 33.9 Å². The second kappa shape index (κ2) is 9.49. The van der Waals surface area contributed by atoms with Gasteiger partial charge in [0.05, 0.1) is 5.39 Å². The van der Waals surface area contributed by atoms with Crippen LogP contribution in [0.3, 0.4) is 0 Å². The zero-order valence-corrected chi connectivity index (χ0v) is 16.9. The molecule has 0 amide bonds. The molecule has 1 aliphatic heterocycles. The number of allylic oxidation sites excluding steroid dienone is 2. The van der Waals surface area contributed by atoms with Crippen molar-refractivity contribution < 1.29 is 8.42 Å². The second-order valence-electron chi connectivity index (χ2n) is 6.76. The average molecular weight is 412 g/mol. The Hall–Kier alpha value is -2.97. The number of aromatic amines is 1. The van der Waals surface area contributed by atoms with Gasteiger partial charge in [-0.25, -0.2) is 13.4 Å². The number of benzene rings is 1. The van der Waals surface area contributed by atoms with Gasteiger partial charge in [0, 0.05) is 19.3 Å². The van der Waals surface area contributed by atoms with Gasteiger partial charge in [0.2, 0.25) is 0 Å². The normalized spacial score (nSPS) is 17.3. The van der Waals surface area contributed by atoms with E-state index in [1.165, 1.54) is 11.8 Å². The summed E-state index contributed by atoms with van der Waals surface area (Å²) in [7, 11) is -3.57. The number of pyridine rings is 1. The van der Waals surface area contributed by atoms with Gasteiger partial charge in [0.25, 0.3) is 10.0 Å². The molecular formula is C21H25N5O2S. The van der Waals surface area contributed by atoms with E-state index in [9.17, 15) is 8.42 Å². The molecule has 2 aromatic heterocycles. The minimum Gasteiger partial charge on any atom is -0.405 e. The molecule has 1 aromatic carbocycles. The molecule has 1 unspecified atom stereocenters. The van der Waals surface area contributed by atoms with Gasteiger partial charge in [-0.3, -0.25) is 5.10 Å². The highest BCUT2D eigenvalue weighted by Gasteiger charge is 2.34. The van der Waals surface area contributed by atoms with Crippen molar-refractivity contribution in [2.75, 3.05) is 13.1 Å². The standard InChI is InChI=1S/C17H18N4O2S.C4H7N/c22-24(23,17-15-7-4-9-18-16(15)19-20-17)21-10-8-14(12-21)11-13-5-2-1-3-6-13;1-2-3-4-5/h1-7,9,14H,8,10-12H2,(H,18,19,20);2-4H,1,5H2/b;4-3-. The number of nitrogens with zero attached hydrogens (tertiary/aromatic N) is 3. The molecule has 0 bridgehead atoms. The number of aromatic nitrogens is 3. The van der Waals surface area contributed by atoms with Crippen molar-refractivity contribution in [3.05, 3.63) is 79.2 Å². The molecule has 1 atom stereocenters. The van der Waals surface area contributed by atoms with Gasteiger partial charge < -0.3 is 5.73 Å². The summed E-state index contributed by atoms with van der Waals surface area (Å²) in [6.07, 6.45) is 8.11. The van der Waals surface area contributed by atoms with Gasteiger partial charge in [0.15, 0.2) is 10.7 Å². The van der Waals surface area contributed by atoms with Crippen molar-refractivity contribution in [3.63, 3.8) is 0 Å². The van der Waals surface area contributed by atoms with Crippen molar-refractivity contribution in [2.45, 2.75) is 17.9 Å². The quantitative estimate of drug-likeness (QED) is 0.628. The number of hydrogen-bond acceptors (Lipinski definition) is 5. The Labute approximate surface area is 171 Å². The molecule has 7 nitrogen and oxygen atoms in total. The molecular weight excluding hydrogens is 386 g/mol. The Kier molecular flexibility index (Phi) is 6.79. The SMILES string of the molecule is C=C/C=C\N.O=S(=O)(c1[nH]nc2ncccc12)N1CCC(Cc2ccccc2)C1. The first-order valence-electron chi connectivity index (χ1n) is 9.38. The van der Waals surface area contributed by atoms with E-state index in [0.717, 1.165) is 12.8 Å². The predicted molar refractivity (Wildman–Crippen MR) is 114 cm³/mol. The Bertz CT molecular complexity index is 1080. The lowest BCUT2D eigenvalue weighted by atomic mass is 9.99. The number of H-pyrrole nitrogens is 1. The lowest BCUT2D eigenvalue weighted by Gasteiger charge is -2.15. The number of fused-ring (bicyclic) bond motifs is 1. The fourth-order valence-corrected chi connectivity index (χ4v) is 4.97. The van der Waals surface area contributed by atoms with Crippen LogP contribution in [0.1, 0.15) is 12.0 Å². The Morgan fingerprint density at radius 1 is 1.24 bits per heavy atom. The first-order chi connectivity index (χ1) is 14.1. The summed E-state index contributed by atoms with van der Waals surface area (Å²) < 4.78 is 27.4. The van der Waals surface area contributed by atoms with E-state index in [1.54, 1.807) is 34.8 Å². The zero-order valence-electron chi connectivity index (χ0n) is 16.1. The Balaban J connectivity index is 0.000000431. The number of nitrogens with one attached hydrogen (secondary N) is 1. The van der Waals surface area contributed by atoms with Gasteiger partial charge in [-0.2, -0.15) is 9.40 Å². The molecule has 0 aliphatic carbocycles. The molecule has 4 rings (SSSR count). The van der Waals surface area contributed by atoms with E-state index in [-0.39, 0.29) is 5.03 Å². The molecule has 1 saturated heterocycles. The van der Waals surface area contributed by atoms with Crippen molar-refractivity contribution in [1.82, 2.24) is 19.5 Å². The van der Waals surface area contributed by atoms with Gasteiger partial charge in [0.1, 0.15) is 0 Å². The monoisotopic (exact) mass is 411 g/mol. The third-order valence-electron chi connectivity index (χ3n) is 4.76. The largest absolute Gasteiger partial charge is 0.405 e. The summed E-state index contributed by atoms with van der Waals surface area (Å²) in [5.74, 6) is 0.342. The molecule has 3 aromatic rings. The zero-order chi connectivity index (χ0) is 20.7. The Morgan fingerprint density at radius 2 is 2.03 bits per heavy atom. The maximum Gasteiger partial charge on any atom is 0.260 e. The van der Waals surface area contributed by atoms with Crippen LogP contribution < -0.4 is 5.73 Å². The topological polar surface area (TPSA) is 105 Å². The molecule has 3 N–H and O–H groups in total.